The molecule has 2 nitrogen and oxygen atoms in total. The summed E-state index contributed by atoms with van der Waals surface area (Å²) in [7, 11) is 0. The van der Waals surface area contributed by atoms with Crippen LogP contribution >= 0.6 is 0 Å². The second kappa shape index (κ2) is 6.34. The first-order valence-corrected chi connectivity index (χ1v) is 6.34. The molecule has 0 radical (unpaired) electrons. The third-order valence-electron chi connectivity index (χ3n) is 2.98. The Bertz CT molecular complexity index is 523. The van der Waals surface area contributed by atoms with Gasteiger partial charge in [-0.3, -0.25) is 0 Å². The van der Waals surface area contributed by atoms with Crippen molar-refractivity contribution < 1.29 is 14.2 Å². The van der Waals surface area contributed by atoms with Crippen molar-refractivity contribution in [2.24, 2.45) is 0 Å². The highest BCUT2D eigenvalue weighted by molar-refractivity contribution is 5.25. The zero-order chi connectivity index (χ0) is 13.7. The van der Waals surface area contributed by atoms with Crippen LogP contribution < -0.4 is 4.74 Å². The van der Waals surface area contributed by atoms with Gasteiger partial charge in [0.05, 0.1) is 0 Å². The smallest absolute Gasteiger partial charge is 0.126 e. The summed E-state index contributed by atoms with van der Waals surface area (Å²) in [6, 6.07) is 13.6. The number of ether oxygens (including phenoxy) is 1. The number of aliphatic hydroxyl groups is 1. The molecule has 0 aromatic heterocycles. The lowest BCUT2D eigenvalue weighted by Crippen LogP contribution is -2.09. The van der Waals surface area contributed by atoms with Crippen LogP contribution in [-0.2, 0) is 6.42 Å². The van der Waals surface area contributed by atoms with E-state index in [0.717, 1.165) is 12.0 Å². The summed E-state index contributed by atoms with van der Waals surface area (Å²) in [5.41, 5.74) is 2.02. The highest BCUT2D eigenvalue weighted by Gasteiger charge is 2.08. The normalized spacial score (nSPS) is 12.2. The number of halogens is 1. The van der Waals surface area contributed by atoms with E-state index in [1.165, 1.54) is 17.7 Å². The van der Waals surface area contributed by atoms with Gasteiger partial charge in [-0.05, 0) is 29.7 Å². The third-order valence-corrected chi connectivity index (χ3v) is 2.98. The molecule has 19 heavy (non-hydrogen) atoms. The van der Waals surface area contributed by atoms with E-state index < -0.39 is 6.10 Å². The molecule has 0 heterocycles. The Hall–Kier alpha value is -1.87. The van der Waals surface area contributed by atoms with Crippen LogP contribution in [0, 0.1) is 5.82 Å². The van der Waals surface area contributed by atoms with Crippen molar-refractivity contribution in [2.75, 3.05) is 6.61 Å². The maximum Gasteiger partial charge on any atom is 0.126 e. The van der Waals surface area contributed by atoms with Crippen LogP contribution in [0.25, 0.3) is 0 Å². The molecule has 0 saturated heterocycles. The monoisotopic (exact) mass is 260 g/mol. The lowest BCUT2D eigenvalue weighted by Gasteiger charge is -2.13. The summed E-state index contributed by atoms with van der Waals surface area (Å²) in [6.45, 7) is 2.19. The molecule has 0 bridgehead atoms. The van der Waals surface area contributed by atoms with Gasteiger partial charge in [-0.1, -0.05) is 37.3 Å². The number of aliphatic hydroxyl groups excluding tert-OH is 1. The molecule has 0 amide bonds. The van der Waals surface area contributed by atoms with Crippen LogP contribution in [0.15, 0.2) is 48.5 Å². The average Bonchev–Trinajstić information content (AvgIpc) is 2.45. The van der Waals surface area contributed by atoms with Crippen LogP contribution in [0.5, 0.6) is 5.75 Å². The first-order chi connectivity index (χ1) is 9.19. The van der Waals surface area contributed by atoms with Crippen LogP contribution in [-0.4, -0.2) is 11.7 Å². The predicted octanol–water partition coefficient (Wildman–Crippen LogP) is 3.50. The van der Waals surface area contributed by atoms with Crippen LogP contribution in [0.4, 0.5) is 4.39 Å². The zero-order valence-corrected chi connectivity index (χ0v) is 10.8. The van der Waals surface area contributed by atoms with Gasteiger partial charge in [-0.2, -0.15) is 0 Å². The number of hydrogen-bond donors (Lipinski definition) is 1. The van der Waals surface area contributed by atoms with E-state index in [4.69, 9.17) is 4.74 Å². The van der Waals surface area contributed by atoms with E-state index in [-0.39, 0.29) is 12.4 Å². The fourth-order valence-electron chi connectivity index (χ4n) is 1.80. The second-order valence-electron chi connectivity index (χ2n) is 4.38. The summed E-state index contributed by atoms with van der Waals surface area (Å²) >= 11 is 0. The van der Waals surface area contributed by atoms with Gasteiger partial charge < -0.3 is 9.84 Å². The number of benzene rings is 2. The minimum Gasteiger partial charge on any atom is -0.490 e. The Morgan fingerprint density at radius 1 is 1.16 bits per heavy atom. The molecule has 3 heteroatoms. The van der Waals surface area contributed by atoms with Crippen molar-refractivity contribution in [1.29, 1.82) is 0 Å². The molecular weight excluding hydrogens is 243 g/mol. The van der Waals surface area contributed by atoms with E-state index in [9.17, 15) is 9.50 Å². The van der Waals surface area contributed by atoms with Crippen LogP contribution in [0.2, 0.25) is 0 Å². The van der Waals surface area contributed by atoms with Gasteiger partial charge in [0.25, 0.3) is 0 Å². The first-order valence-electron chi connectivity index (χ1n) is 6.34. The fourth-order valence-corrected chi connectivity index (χ4v) is 1.80. The third kappa shape index (κ3) is 3.80. The van der Waals surface area contributed by atoms with Gasteiger partial charge in [0.15, 0.2) is 0 Å². The summed E-state index contributed by atoms with van der Waals surface area (Å²) < 4.78 is 18.3. The molecule has 100 valence electrons. The summed E-state index contributed by atoms with van der Waals surface area (Å²) in [5, 5.41) is 10.00. The highest BCUT2D eigenvalue weighted by Crippen LogP contribution is 2.17. The first kappa shape index (κ1) is 13.6. The van der Waals surface area contributed by atoms with Crippen LogP contribution in [0.3, 0.4) is 0 Å². The molecule has 0 aliphatic heterocycles. The van der Waals surface area contributed by atoms with Crippen molar-refractivity contribution in [3.8, 4) is 5.75 Å². The van der Waals surface area contributed by atoms with Gasteiger partial charge in [0.2, 0.25) is 0 Å². The van der Waals surface area contributed by atoms with Crippen molar-refractivity contribution in [2.45, 2.75) is 19.4 Å². The maximum atomic E-state index is 13.0. The van der Waals surface area contributed by atoms with Crippen LogP contribution in [0.1, 0.15) is 24.2 Å². The summed E-state index contributed by atoms with van der Waals surface area (Å²) in [6.07, 6.45) is 0.255. The standard InChI is InChI=1S/C16H17FO2/c1-2-12-6-8-13(9-7-12)16(18)11-19-15-5-3-4-14(17)10-15/h3-10,16,18H,2,11H2,1H3. The number of hydrogen-bond acceptors (Lipinski definition) is 2. The Kier molecular flexibility index (Phi) is 4.53. The zero-order valence-electron chi connectivity index (χ0n) is 10.8. The predicted molar refractivity (Wildman–Crippen MR) is 72.7 cm³/mol. The maximum absolute atomic E-state index is 13.0. The summed E-state index contributed by atoms with van der Waals surface area (Å²) in [5.74, 6) is 0.0727. The molecule has 2 aromatic rings. The average molecular weight is 260 g/mol. The molecule has 0 saturated carbocycles. The van der Waals surface area contributed by atoms with Gasteiger partial charge in [0, 0.05) is 6.07 Å². The quantitative estimate of drug-likeness (QED) is 0.891. The Morgan fingerprint density at radius 2 is 1.89 bits per heavy atom. The molecule has 1 unspecified atom stereocenters. The molecule has 0 fully saturated rings. The highest BCUT2D eigenvalue weighted by atomic mass is 19.1. The Labute approximate surface area is 112 Å². The van der Waals surface area contributed by atoms with Gasteiger partial charge in [-0.25, -0.2) is 4.39 Å². The Morgan fingerprint density at radius 3 is 2.53 bits per heavy atom. The molecule has 2 aromatic carbocycles. The molecule has 0 aliphatic carbocycles. The SMILES string of the molecule is CCc1ccc(C(O)COc2cccc(F)c2)cc1. The molecule has 1 N–H and O–H groups in total. The second-order valence-corrected chi connectivity index (χ2v) is 4.38. The van der Waals surface area contributed by atoms with Crippen molar-refractivity contribution in [3.05, 3.63) is 65.5 Å². The van der Waals surface area contributed by atoms with Gasteiger partial charge in [0.1, 0.15) is 24.3 Å². The van der Waals surface area contributed by atoms with E-state index in [1.807, 2.05) is 24.3 Å². The Balaban J connectivity index is 1.95. The van der Waals surface area contributed by atoms with E-state index in [1.54, 1.807) is 12.1 Å². The van der Waals surface area contributed by atoms with E-state index in [0.29, 0.717) is 5.75 Å². The lowest BCUT2D eigenvalue weighted by molar-refractivity contribution is 0.108. The molecular formula is C16H17FO2. The lowest BCUT2D eigenvalue weighted by atomic mass is 10.1. The van der Waals surface area contributed by atoms with Crippen molar-refractivity contribution >= 4 is 0 Å². The molecule has 0 spiro atoms. The van der Waals surface area contributed by atoms with Crippen molar-refractivity contribution in [1.82, 2.24) is 0 Å². The van der Waals surface area contributed by atoms with E-state index in [2.05, 4.69) is 6.92 Å². The largest absolute Gasteiger partial charge is 0.490 e. The van der Waals surface area contributed by atoms with Crippen molar-refractivity contribution in [3.63, 3.8) is 0 Å². The van der Waals surface area contributed by atoms with Gasteiger partial charge >= 0.3 is 0 Å². The molecule has 1 atom stereocenters. The summed E-state index contributed by atoms with van der Waals surface area (Å²) in [4.78, 5) is 0. The number of rotatable bonds is 5. The topological polar surface area (TPSA) is 29.5 Å². The minimum atomic E-state index is -0.714. The fraction of sp³-hybridized carbons (Fsp3) is 0.250. The molecule has 0 aliphatic rings. The van der Waals surface area contributed by atoms with E-state index >= 15 is 0 Å². The minimum absolute atomic E-state index is 0.106. The van der Waals surface area contributed by atoms with Gasteiger partial charge in [-0.15, -0.1) is 0 Å². The molecule has 2 rings (SSSR count). The number of aryl methyl sites for hydroxylation is 1.